The van der Waals surface area contributed by atoms with Crippen LogP contribution in [0.3, 0.4) is 0 Å². The van der Waals surface area contributed by atoms with Crippen molar-refractivity contribution in [2.45, 2.75) is 34.2 Å². The van der Waals surface area contributed by atoms with Gasteiger partial charge >= 0.3 is 5.69 Å². The second kappa shape index (κ2) is 7.66. The van der Waals surface area contributed by atoms with Gasteiger partial charge in [0.1, 0.15) is 0 Å². The molecule has 2 rings (SSSR count). The average molecular weight is 341 g/mol. The van der Waals surface area contributed by atoms with E-state index in [1.165, 1.54) is 0 Å². The molecular formula is C20H27N3O2. The van der Waals surface area contributed by atoms with Crippen LogP contribution in [-0.2, 0) is 13.6 Å². The first kappa shape index (κ1) is 18.9. The minimum Gasteiger partial charge on any atom is -0.392 e. The van der Waals surface area contributed by atoms with Crippen LogP contribution in [0.1, 0.15) is 33.4 Å². The number of aliphatic hydroxyl groups is 1. The lowest BCUT2D eigenvalue weighted by Gasteiger charge is -2.18. The van der Waals surface area contributed by atoms with Crippen LogP contribution in [0.4, 0.5) is 0 Å². The predicted molar refractivity (Wildman–Crippen MR) is 103 cm³/mol. The molecule has 0 bridgehead atoms. The van der Waals surface area contributed by atoms with E-state index in [2.05, 4.69) is 20.8 Å². The highest BCUT2D eigenvalue weighted by Crippen LogP contribution is 2.22. The summed E-state index contributed by atoms with van der Waals surface area (Å²) >= 11 is 0. The predicted octanol–water partition coefficient (Wildman–Crippen LogP) is 3.29. The number of hydrogen-bond donors (Lipinski definition) is 1. The molecule has 0 aromatic carbocycles. The number of imidazole rings is 1. The first-order chi connectivity index (χ1) is 11.8. The van der Waals surface area contributed by atoms with E-state index in [4.69, 9.17) is 10.1 Å². The van der Waals surface area contributed by atoms with Crippen molar-refractivity contribution in [1.29, 1.82) is 0 Å². The highest BCUT2D eigenvalue weighted by Gasteiger charge is 2.18. The first-order valence-electron chi connectivity index (χ1n) is 8.45. The molecule has 0 spiro atoms. The summed E-state index contributed by atoms with van der Waals surface area (Å²) < 4.78 is 3.39. The van der Waals surface area contributed by atoms with Gasteiger partial charge in [-0.2, -0.15) is 0 Å². The van der Waals surface area contributed by atoms with E-state index in [9.17, 15) is 4.79 Å². The van der Waals surface area contributed by atoms with E-state index in [1.54, 1.807) is 28.3 Å². The van der Waals surface area contributed by atoms with Crippen LogP contribution in [-0.4, -0.2) is 25.8 Å². The molecule has 0 saturated heterocycles. The second-order valence-corrected chi connectivity index (χ2v) is 7.26. The summed E-state index contributed by atoms with van der Waals surface area (Å²) in [7, 11) is 1.76. The van der Waals surface area contributed by atoms with E-state index >= 15 is 0 Å². The molecule has 134 valence electrons. The number of aromatic nitrogens is 3. The molecule has 25 heavy (non-hydrogen) atoms. The van der Waals surface area contributed by atoms with Crippen molar-refractivity contribution < 1.29 is 5.11 Å². The van der Waals surface area contributed by atoms with Gasteiger partial charge in [0.25, 0.3) is 0 Å². The zero-order valence-electron chi connectivity index (χ0n) is 15.7. The first-order valence-corrected chi connectivity index (χ1v) is 8.45. The number of fused-ring (bicyclic) bond motifs is 1. The van der Waals surface area contributed by atoms with E-state index in [1.807, 2.05) is 37.3 Å². The van der Waals surface area contributed by atoms with E-state index in [-0.39, 0.29) is 17.7 Å². The molecule has 0 fully saturated rings. The van der Waals surface area contributed by atoms with Crippen molar-refractivity contribution in [3.8, 4) is 0 Å². The van der Waals surface area contributed by atoms with Crippen LogP contribution in [0.5, 0.6) is 0 Å². The number of hydrogen-bond acceptors (Lipinski definition) is 3. The summed E-state index contributed by atoms with van der Waals surface area (Å²) in [6, 6.07) is 3.89. The van der Waals surface area contributed by atoms with E-state index in [0.717, 1.165) is 16.8 Å². The Morgan fingerprint density at radius 1 is 1.32 bits per heavy atom. The second-order valence-electron chi connectivity index (χ2n) is 7.26. The Morgan fingerprint density at radius 3 is 2.64 bits per heavy atom. The van der Waals surface area contributed by atoms with Crippen molar-refractivity contribution >= 4 is 16.7 Å². The van der Waals surface area contributed by atoms with E-state index < -0.39 is 0 Å². The lowest BCUT2D eigenvalue weighted by Crippen LogP contribution is -2.27. The fourth-order valence-electron chi connectivity index (χ4n) is 2.70. The van der Waals surface area contributed by atoms with Crippen molar-refractivity contribution in [3.63, 3.8) is 0 Å². The van der Waals surface area contributed by atoms with Gasteiger partial charge in [-0.1, -0.05) is 51.2 Å². The van der Waals surface area contributed by atoms with Crippen molar-refractivity contribution in [1.82, 2.24) is 14.1 Å². The molecule has 0 saturated carbocycles. The Morgan fingerprint density at radius 2 is 2.04 bits per heavy atom. The van der Waals surface area contributed by atoms with Gasteiger partial charge < -0.3 is 5.11 Å². The topological polar surface area (TPSA) is 60.1 Å². The quantitative estimate of drug-likeness (QED) is 0.849. The van der Waals surface area contributed by atoms with Crippen LogP contribution in [0.25, 0.3) is 16.7 Å². The Labute approximate surface area is 148 Å². The number of allylic oxidation sites excluding steroid dienone is 5. The summed E-state index contributed by atoms with van der Waals surface area (Å²) in [5.74, 6) is 0. The molecule has 0 aliphatic rings. The number of nitrogens with zero attached hydrogens (tertiary/aromatic N) is 3. The summed E-state index contributed by atoms with van der Waals surface area (Å²) in [6.07, 6.45) is 9.26. The molecular weight excluding hydrogens is 314 g/mol. The van der Waals surface area contributed by atoms with Gasteiger partial charge in [0.2, 0.25) is 0 Å². The fraction of sp³-hybridized carbons (Fsp3) is 0.400. The minimum absolute atomic E-state index is 0.00187. The maximum absolute atomic E-state index is 12.6. The van der Waals surface area contributed by atoms with Crippen molar-refractivity contribution in [3.05, 3.63) is 58.7 Å². The smallest absolute Gasteiger partial charge is 0.330 e. The Kier molecular flexibility index (Phi) is 5.80. The molecule has 0 aliphatic carbocycles. The summed E-state index contributed by atoms with van der Waals surface area (Å²) in [4.78, 5) is 17.3. The summed E-state index contributed by atoms with van der Waals surface area (Å²) in [5.41, 5.74) is 3.18. The lowest BCUT2D eigenvalue weighted by molar-refractivity contribution is 0.342. The van der Waals surface area contributed by atoms with Gasteiger partial charge in [-0.3, -0.25) is 9.13 Å². The van der Waals surface area contributed by atoms with Gasteiger partial charge in [0.05, 0.1) is 17.8 Å². The number of aliphatic hydroxyl groups excluding tert-OH is 1. The maximum atomic E-state index is 12.6. The average Bonchev–Trinajstić information content (AvgIpc) is 2.77. The lowest BCUT2D eigenvalue weighted by atomic mass is 9.97. The Hall–Kier alpha value is -2.40. The molecule has 2 aromatic heterocycles. The van der Waals surface area contributed by atoms with Gasteiger partial charge in [-0.25, -0.2) is 9.78 Å². The third kappa shape index (κ3) is 4.37. The van der Waals surface area contributed by atoms with E-state index in [0.29, 0.717) is 12.2 Å². The highest BCUT2D eigenvalue weighted by molar-refractivity contribution is 5.79. The highest BCUT2D eigenvalue weighted by atomic mass is 16.2. The molecule has 5 heteroatoms. The normalized spacial score (nSPS) is 13.6. The third-order valence-corrected chi connectivity index (χ3v) is 3.77. The van der Waals surface area contributed by atoms with Crippen LogP contribution in [0.2, 0.25) is 0 Å². The van der Waals surface area contributed by atoms with Crippen LogP contribution in [0.15, 0.2) is 47.3 Å². The zero-order chi connectivity index (χ0) is 18.6. The Balaban J connectivity index is 2.60. The van der Waals surface area contributed by atoms with Crippen molar-refractivity contribution in [2.75, 3.05) is 6.61 Å². The van der Waals surface area contributed by atoms with Gasteiger partial charge in [0.15, 0.2) is 5.65 Å². The zero-order valence-corrected chi connectivity index (χ0v) is 15.7. The standard InChI is InChI=1S/C20H27N3O2/c1-6-9-15(10-7-8-13-24)16-11-12-17-18(21-16)22(5)19(25)23(17)14-20(2,3)4/h6-12,24H,13-14H2,1-5H3. The van der Waals surface area contributed by atoms with Gasteiger partial charge in [-0.15, -0.1) is 0 Å². The van der Waals surface area contributed by atoms with Crippen LogP contribution >= 0.6 is 0 Å². The SMILES string of the molecule is CC=CC(=CC=CCO)c1ccc2c(n1)n(C)c(=O)n2CC(C)(C)C. The molecule has 5 nitrogen and oxygen atoms in total. The Bertz CT molecular complexity index is 890. The fourth-order valence-corrected chi connectivity index (χ4v) is 2.70. The molecule has 0 unspecified atom stereocenters. The molecule has 2 heterocycles. The number of rotatable bonds is 5. The monoisotopic (exact) mass is 341 g/mol. The molecule has 0 amide bonds. The van der Waals surface area contributed by atoms with Crippen LogP contribution in [0, 0.1) is 5.41 Å². The van der Waals surface area contributed by atoms with Gasteiger partial charge in [0, 0.05) is 13.6 Å². The minimum atomic E-state index is -0.0497. The van der Waals surface area contributed by atoms with Crippen LogP contribution < -0.4 is 5.69 Å². The molecule has 1 N–H and O–H groups in total. The number of pyridine rings is 1. The summed E-state index contributed by atoms with van der Waals surface area (Å²) in [6.45, 7) is 8.91. The number of aryl methyl sites for hydroxylation is 1. The summed E-state index contributed by atoms with van der Waals surface area (Å²) in [5, 5.41) is 8.89. The molecule has 0 radical (unpaired) electrons. The molecule has 2 aromatic rings. The molecule has 0 aliphatic heterocycles. The maximum Gasteiger partial charge on any atom is 0.330 e. The largest absolute Gasteiger partial charge is 0.392 e. The van der Waals surface area contributed by atoms with Gasteiger partial charge in [-0.05, 0) is 30.0 Å². The third-order valence-electron chi connectivity index (χ3n) is 3.77. The molecule has 0 atom stereocenters. The van der Waals surface area contributed by atoms with Crippen molar-refractivity contribution in [2.24, 2.45) is 12.5 Å².